The lowest BCUT2D eigenvalue weighted by molar-refractivity contribution is 0.415. The van der Waals surface area contributed by atoms with Crippen molar-refractivity contribution in [3.63, 3.8) is 0 Å². The Morgan fingerprint density at radius 2 is 1.96 bits per heavy atom. The number of nitrogens with zero attached hydrogens (tertiary/aromatic N) is 1. The number of anilines is 2. The van der Waals surface area contributed by atoms with Crippen LogP contribution in [0.25, 0.3) is 0 Å². The molecule has 0 fully saturated rings. The third-order valence-electron chi connectivity index (χ3n) is 3.33. The highest BCUT2D eigenvalue weighted by molar-refractivity contribution is 7.80. The van der Waals surface area contributed by atoms with Gasteiger partial charge >= 0.3 is 0 Å². The first-order chi connectivity index (χ1) is 11.1. The molecule has 0 aliphatic rings. The van der Waals surface area contributed by atoms with Crippen molar-refractivity contribution in [1.82, 2.24) is 5.32 Å². The minimum absolute atomic E-state index is 0.294. The predicted octanol–water partition coefficient (Wildman–Crippen LogP) is 3.26. The van der Waals surface area contributed by atoms with Crippen LogP contribution in [0.3, 0.4) is 0 Å². The van der Waals surface area contributed by atoms with Crippen LogP contribution < -0.4 is 20.3 Å². The van der Waals surface area contributed by atoms with Crippen LogP contribution in [-0.4, -0.2) is 32.4 Å². The van der Waals surface area contributed by atoms with Gasteiger partial charge < -0.3 is 20.3 Å². The number of benzene rings is 2. The molecular weight excluding hydrogens is 313 g/mol. The molecule has 23 heavy (non-hydrogen) atoms. The third-order valence-corrected chi connectivity index (χ3v) is 3.57. The van der Waals surface area contributed by atoms with Gasteiger partial charge in [-0.15, -0.1) is 0 Å². The van der Waals surface area contributed by atoms with Gasteiger partial charge in [0.15, 0.2) is 5.11 Å². The molecule has 122 valence electrons. The van der Waals surface area contributed by atoms with E-state index in [0.29, 0.717) is 17.3 Å². The Bertz CT molecular complexity index is 649. The van der Waals surface area contributed by atoms with E-state index in [1.54, 1.807) is 19.2 Å². The van der Waals surface area contributed by atoms with Gasteiger partial charge in [0.25, 0.3) is 0 Å². The van der Waals surface area contributed by atoms with E-state index in [2.05, 4.69) is 15.5 Å². The van der Waals surface area contributed by atoms with Gasteiger partial charge in [-0.2, -0.15) is 0 Å². The largest absolute Gasteiger partial charge is 0.497 e. The third kappa shape index (κ3) is 5.41. The van der Waals surface area contributed by atoms with Crippen molar-refractivity contribution in [1.29, 1.82) is 0 Å². The fraction of sp³-hybridized carbons (Fsp3) is 0.235. The Hall–Kier alpha value is -2.34. The van der Waals surface area contributed by atoms with Crippen molar-refractivity contribution < 1.29 is 9.13 Å². The van der Waals surface area contributed by atoms with Crippen molar-refractivity contribution in [2.24, 2.45) is 0 Å². The second kappa shape index (κ2) is 8.33. The lowest BCUT2D eigenvalue weighted by Gasteiger charge is -2.20. The molecule has 2 rings (SSSR count). The molecule has 0 unspecified atom stereocenters. The van der Waals surface area contributed by atoms with Crippen LogP contribution in [0, 0.1) is 5.82 Å². The maximum Gasteiger partial charge on any atom is 0.170 e. The van der Waals surface area contributed by atoms with E-state index in [9.17, 15) is 4.39 Å². The summed E-state index contributed by atoms with van der Waals surface area (Å²) in [5.41, 5.74) is 1.72. The van der Waals surface area contributed by atoms with Gasteiger partial charge in [0.1, 0.15) is 11.6 Å². The maximum absolute atomic E-state index is 13.1. The van der Waals surface area contributed by atoms with Gasteiger partial charge in [-0.3, -0.25) is 0 Å². The van der Waals surface area contributed by atoms with Crippen LogP contribution in [0.5, 0.6) is 5.75 Å². The summed E-state index contributed by atoms with van der Waals surface area (Å²) in [5.74, 6) is 0.540. The monoisotopic (exact) mass is 333 g/mol. The second-order valence-corrected chi connectivity index (χ2v) is 5.42. The maximum atomic E-state index is 13.1. The Morgan fingerprint density at radius 1 is 1.22 bits per heavy atom. The smallest absolute Gasteiger partial charge is 0.170 e. The molecule has 0 saturated carbocycles. The molecule has 4 nitrogen and oxygen atoms in total. The van der Waals surface area contributed by atoms with E-state index in [1.807, 2.05) is 31.3 Å². The Kier molecular flexibility index (Phi) is 6.17. The molecule has 0 bridgehead atoms. The van der Waals surface area contributed by atoms with Crippen LogP contribution in [0.1, 0.15) is 0 Å². The van der Waals surface area contributed by atoms with E-state index in [1.165, 1.54) is 12.1 Å². The van der Waals surface area contributed by atoms with Gasteiger partial charge in [-0.25, -0.2) is 4.39 Å². The van der Waals surface area contributed by atoms with Crippen molar-refractivity contribution in [2.75, 3.05) is 37.5 Å². The average Bonchev–Trinajstić information content (AvgIpc) is 2.55. The summed E-state index contributed by atoms with van der Waals surface area (Å²) in [4.78, 5) is 2.11. The molecule has 6 heteroatoms. The number of ether oxygens (including phenoxy) is 1. The van der Waals surface area contributed by atoms with Crippen molar-refractivity contribution in [2.45, 2.75) is 0 Å². The number of nitrogens with one attached hydrogen (secondary N) is 2. The zero-order chi connectivity index (χ0) is 16.7. The molecule has 2 N–H and O–H groups in total. The number of thiocarbonyl (C=S) groups is 1. The van der Waals surface area contributed by atoms with Gasteiger partial charge in [0, 0.05) is 31.5 Å². The molecule has 2 aromatic carbocycles. The molecule has 2 aromatic rings. The van der Waals surface area contributed by atoms with Crippen LogP contribution in [0.4, 0.5) is 15.8 Å². The van der Waals surface area contributed by atoms with Crippen LogP contribution in [-0.2, 0) is 0 Å². The Balaban J connectivity index is 1.76. The average molecular weight is 333 g/mol. The molecule has 0 saturated heterocycles. The second-order valence-electron chi connectivity index (χ2n) is 5.01. The summed E-state index contributed by atoms with van der Waals surface area (Å²) < 4.78 is 18.2. The van der Waals surface area contributed by atoms with Crippen molar-refractivity contribution in [3.05, 3.63) is 54.3 Å². The van der Waals surface area contributed by atoms with E-state index in [4.69, 9.17) is 17.0 Å². The summed E-state index contributed by atoms with van der Waals surface area (Å²) in [6.07, 6.45) is 0. The Labute approximate surface area is 141 Å². The zero-order valence-electron chi connectivity index (χ0n) is 13.2. The number of halogens is 1. The number of methoxy groups -OCH3 is 1. The zero-order valence-corrected chi connectivity index (χ0v) is 14.0. The first kappa shape index (κ1) is 17.0. The van der Waals surface area contributed by atoms with Crippen molar-refractivity contribution >= 4 is 28.7 Å². The van der Waals surface area contributed by atoms with Gasteiger partial charge in [0.05, 0.1) is 7.11 Å². The molecule has 0 aliphatic carbocycles. The van der Waals surface area contributed by atoms with Crippen LogP contribution in [0.15, 0.2) is 48.5 Å². The summed E-state index contributed by atoms with van der Waals surface area (Å²) in [5, 5.41) is 6.53. The van der Waals surface area contributed by atoms with Gasteiger partial charge in [-0.05, 0) is 54.7 Å². The summed E-state index contributed by atoms with van der Waals surface area (Å²) in [6, 6.07) is 14.1. The van der Waals surface area contributed by atoms with E-state index < -0.39 is 0 Å². The first-order valence-corrected chi connectivity index (χ1v) is 7.65. The number of rotatable bonds is 6. The molecule has 0 aromatic heterocycles. The lowest BCUT2D eigenvalue weighted by Crippen LogP contribution is -2.35. The molecule has 0 radical (unpaired) electrons. The highest BCUT2D eigenvalue weighted by atomic mass is 32.1. The molecule has 0 aliphatic heterocycles. The summed E-state index contributed by atoms with van der Waals surface area (Å²) in [7, 11) is 3.65. The van der Waals surface area contributed by atoms with Gasteiger partial charge in [-0.1, -0.05) is 6.07 Å². The van der Waals surface area contributed by atoms with Crippen LogP contribution in [0.2, 0.25) is 0 Å². The SMILES string of the molecule is COc1ccc(N(C)CCNC(=S)Nc2cccc(F)c2)cc1. The summed E-state index contributed by atoms with van der Waals surface area (Å²) in [6.45, 7) is 1.45. The topological polar surface area (TPSA) is 36.5 Å². The Morgan fingerprint density at radius 3 is 2.61 bits per heavy atom. The van der Waals surface area contributed by atoms with Crippen LogP contribution >= 0.6 is 12.2 Å². The quantitative estimate of drug-likeness (QED) is 0.794. The highest BCUT2D eigenvalue weighted by Gasteiger charge is 2.02. The fourth-order valence-corrected chi connectivity index (χ4v) is 2.26. The van der Waals surface area contributed by atoms with Gasteiger partial charge in [0.2, 0.25) is 0 Å². The number of hydrogen-bond acceptors (Lipinski definition) is 3. The highest BCUT2D eigenvalue weighted by Crippen LogP contribution is 2.17. The van der Waals surface area contributed by atoms with E-state index >= 15 is 0 Å². The van der Waals surface area contributed by atoms with E-state index in [-0.39, 0.29) is 5.82 Å². The predicted molar refractivity (Wildman–Crippen MR) is 96.9 cm³/mol. The molecular formula is C17H20FN3OS. The fourth-order valence-electron chi connectivity index (χ4n) is 2.04. The summed E-state index contributed by atoms with van der Waals surface area (Å²) >= 11 is 5.20. The minimum Gasteiger partial charge on any atom is -0.497 e. The molecule has 0 heterocycles. The van der Waals surface area contributed by atoms with E-state index in [0.717, 1.165) is 18.0 Å². The lowest BCUT2D eigenvalue weighted by atomic mass is 10.3. The molecule has 0 atom stereocenters. The normalized spacial score (nSPS) is 10.0. The number of hydrogen-bond donors (Lipinski definition) is 2. The molecule has 0 amide bonds. The first-order valence-electron chi connectivity index (χ1n) is 7.24. The number of likely N-dealkylation sites (N-methyl/N-ethyl adjacent to an activating group) is 1. The van der Waals surface area contributed by atoms with Crippen molar-refractivity contribution in [3.8, 4) is 5.75 Å². The minimum atomic E-state index is -0.294. The standard InChI is InChI=1S/C17H20FN3OS/c1-21(15-6-8-16(22-2)9-7-15)11-10-19-17(23)20-14-5-3-4-13(18)12-14/h3-9,12H,10-11H2,1-2H3,(H2,19,20,23). The molecule has 0 spiro atoms.